The molecule has 1 aliphatic rings. The van der Waals surface area contributed by atoms with Gasteiger partial charge in [0, 0.05) is 24.3 Å². The van der Waals surface area contributed by atoms with Gasteiger partial charge in [0.1, 0.15) is 0 Å². The van der Waals surface area contributed by atoms with Gasteiger partial charge in [0.25, 0.3) is 0 Å². The van der Waals surface area contributed by atoms with Gasteiger partial charge >= 0.3 is 0 Å². The van der Waals surface area contributed by atoms with Gasteiger partial charge in [-0.25, -0.2) is 4.98 Å². The van der Waals surface area contributed by atoms with E-state index in [2.05, 4.69) is 41.2 Å². The van der Waals surface area contributed by atoms with Gasteiger partial charge in [0.05, 0.1) is 6.61 Å². The molecule has 2 atom stereocenters. The molecule has 1 fully saturated rings. The van der Waals surface area contributed by atoms with Crippen LogP contribution in [0.15, 0.2) is 12.3 Å². The number of hydrogen-bond donors (Lipinski definition) is 1. The van der Waals surface area contributed by atoms with Crippen molar-refractivity contribution in [3.05, 3.63) is 12.3 Å². The first kappa shape index (κ1) is 16.0. The van der Waals surface area contributed by atoms with Crippen LogP contribution in [0.25, 0.3) is 0 Å². The summed E-state index contributed by atoms with van der Waals surface area (Å²) in [5.41, 5.74) is 0.197. The van der Waals surface area contributed by atoms with Crippen LogP contribution in [-0.2, 0) is 0 Å². The molecule has 0 bridgehead atoms. The highest BCUT2D eigenvalue weighted by Gasteiger charge is 2.36. The van der Waals surface area contributed by atoms with Gasteiger partial charge in [-0.3, -0.25) is 0 Å². The molecule has 1 saturated carbocycles. The van der Waals surface area contributed by atoms with Crippen LogP contribution in [-0.4, -0.2) is 47.7 Å². The van der Waals surface area contributed by atoms with Gasteiger partial charge in [0.15, 0.2) is 0 Å². The van der Waals surface area contributed by atoms with E-state index in [9.17, 15) is 0 Å². The molecule has 0 aliphatic heterocycles. The van der Waals surface area contributed by atoms with E-state index in [1.165, 1.54) is 25.7 Å². The summed E-state index contributed by atoms with van der Waals surface area (Å²) in [6.45, 7) is 5.80. The van der Waals surface area contributed by atoms with E-state index in [1.54, 1.807) is 12.3 Å². The van der Waals surface area contributed by atoms with Gasteiger partial charge in [-0.2, -0.15) is 4.98 Å². The molecule has 5 heteroatoms. The van der Waals surface area contributed by atoms with E-state index in [0.29, 0.717) is 18.4 Å². The summed E-state index contributed by atoms with van der Waals surface area (Å²) >= 11 is 0. The van der Waals surface area contributed by atoms with Crippen molar-refractivity contribution in [3.63, 3.8) is 0 Å². The summed E-state index contributed by atoms with van der Waals surface area (Å²) in [6, 6.07) is 1.79. The van der Waals surface area contributed by atoms with Crippen molar-refractivity contribution in [2.75, 3.05) is 32.6 Å². The van der Waals surface area contributed by atoms with Crippen LogP contribution in [0, 0.1) is 5.92 Å². The number of aromatic nitrogens is 2. The largest absolute Gasteiger partial charge is 0.478 e. The molecular formula is C16H28N4O. The SMILES string of the molecule is CCOc1ccnc(NCC2(N(C)C)CCCC(C)C2)n1. The zero-order chi connectivity index (χ0) is 15.3. The van der Waals surface area contributed by atoms with Crippen LogP contribution in [0.4, 0.5) is 5.95 Å². The molecule has 5 nitrogen and oxygen atoms in total. The number of nitrogens with one attached hydrogen (secondary N) is 1. The molecule has 1 aliphatic carbocycles. The second kappa shape index (κ2) is 7.07. The zero-order valence-electron chi connectivity index (χ0n) is 13.7. The highest BCUT2D eigenvalue weighted by Crippen LogP contribution is 2.35. The monoisotopic (exact) mass is 292 g/mol. The van der Waals surface area contributed by atoms with Crippen LogP contribution in [0.3, 0.4) is 0 Å². The quantitative estimate of drug-likeness (QED) is 0.873. The average molecular weight is 292 g/mol. The number of hydrogen-bond acceptors (Lipinski definition) is 5. The predicted molar refractivity (Wildman–Crippen MR) is 85.7 cm³/mol. The lowest BCUT2D eigenvalue weighted by molar-refractivity contribution is 0.0880. The number of likely N-dealkylation sites (N-methyl/N-ethyl adjacent to an activating group) is 1. The lowest BCUT2D eigenvalue weighted by Gasteiger charge is -2.45. The van der Waals surface area contributed by atoms with Crippen LogP contribution in [0.5, 0.6) is 5.88 Å². The predicted octanol–water partition coefficient (Wildman–Crippen LogP) is 2.80. The summed E-state index contributed by atoms with van der Waals surface area (Å²) in [6.07, 6.45) is 6.82. The molecule has 2 unspecified atom stereocenters. The highest BCUT2D eigenvalue weighted by atomic mass is 16.5. The molecule has 2 rings (SSSR count). The van der Waals surface area contributed by atoms with Crippen LogP contribution in [0.2, 0.25) is 0 Å². The Hall–Kier alpha value is -1.36. The molecule has 0 saturated heterocycles. The molecule has 0 radical (unpaired) electrons. The van der Waals surface area contributed by atoms with E-state index < -0.39 is 0 Å². The molecule has 0 spiro atoms. The maximum atomic E-state index is 5.43. The molecule has 1 aromatic heterocycles. The Morgan fingerprint density at radius 2 is 2.29 bits per heavy atom. The Balaban J connectivity index is 2.03. The van der Waals surface area contributed by atoms with Gasteiger partial charge in [-0.15, -0.1) is 0 Å². The third-order valence-electron chi connectivity index (χ3n) is 4.51. The molecule has 118 valence electrons. The topological polar surface area (TPSA) is 50.3 Å². The Morgan fingerprint density at radius 1 is 1.48 bits per heavy atom. The lowest BCUT2D eigenvalue weighted by atomic mass is 9.75. The first-order chi connectivity index (χ1) is 10.1. The summed E-state index contributed by atoms with van der Waals surface area (Å²) < 4.78 is 5.43. The van der Waals surface area contributed by atoms with Gasteiger partial charge in [-0.05, 0) is 39.8 Å². The molecule has 1 heterocycles. The fraction of sp³-hybridized carbons (Fsp3) is 0.750. The Morgan fingerprint density at radius 3 is 2.95 bits per heavy atom. The second-order valence-electron chi connectivity index (χ2n) is 6.33. The van der Waals surface area contributed by atoms with Crippen molar-refractivity contribution in [1.82, 2.24) is 14.9 Å². The molecule has 21 heavy (non-hydrogen) atoms. The van der Waals surface area contributed by atoms with Crippen LogP contribution < -0.4 is 10.1 Å². The van der Waals surface area contributed by atoms with E-state index in [1.807, 2.05) is 6.92 Å². The van der Waals surface area contributed by atoms with Crippen molar-refractivity contribution >= 4 is 5.95 Å². The minimum atomic E-state index is 0.197. The van der Waals surface area contributed by atoms with Crippen LogP contribution >= 0.6 is 0 Å². The Kier molecular flexibility index (Phi) is 5.39. The average Bonchev–Trinajstić information content (AvgIpc) is 2.46. The zero-order valence-corrected chi connectivity index (χ0v) is 13.7. The van der Waals surface area contributed by atoms with E-state index in [-0.39, 0.29) is 5.54 Å². The second-order valence-corrected chi connectivity index (χ2v) is 6.33. The normalized spacial score (nSPS) is 25.9. The Labute approximate surface area is 128 Å². The number of ether oxygens (including phenoxy) is 1. The van der Waals surface area contributed by atoms with Crippen molar-refractivity contribution in [3.8, 4) is 5.88 Å². The van der Waals surface area contributed by atoms with Crippen molar-refractivity contribution in [2.24, 2.45) is 5.92 Å². The number of rotatable bonds is 6. The number of nitrogens with zero attached hydrogens (tertiary/aromatic N) is 3. The maximum Gasteiger partial charge on any atom is 0.226 e. The third kappa shape index (κ3) is 4.06. The molecular weight excluding hydrogens is 264 g/mol. The minimum Gasteiger partial charge on any atom is -0.478 e. The van der Waals surface area contributed by atoms with Gasteiger partial charge in [0.2, 0.25) is 11.8 Å². The molecule has 0 aromatic carbocycles. The van der Waals surface area contributed by atoms with Gasteiger partial charge < -0.3 is 15.0 Å². The lowest BCUT2D eigenvalue weighted by Crippen LogP contribution is -2.52. The minimum absolute atomic E-state index is 0.197. The summed E-state index contributed by atoms with van der Waals surface area (Å²) in [7, 11) is 4.36. The van der Waals surface area contributed by atoms with E-state index in [0.717, 1.165) is 12.5 Å². The van der Waals surface area contributed by atoms with E-state index in [4.69, 9.17) is 4.74 Å². The summed E-state index contributed by atoms with van der Waals surface area (Å²) in [5, 5.41) is 3.41. The Bertz CT molecular complexity index is 452. The molecule has 1 aromatic rings. The third-order valence-corrected chi connectivity index (χ3v) is 4.51. The first-order valence-electron chi connectivity index (χ1n) is 7.93. The standard InChI is InChI=1S/C16H28N4O/c1-5-21-14-8-10-17-15(19-14)18-12-16(20(3)4)9-6-7-13(2)11-16/h8,10,13H,5-7,9,11-12H2,1-4H3,(H,17,18,19). The summed E-state index contributed by atoms with van der Waals surface area (Å²) in [4.78, 5) is 11.1. The van der Waals surface area contributed by atoms with Crippen molar-refractivity contribution < 1.29 is 4.74 Å². The molecule has 0 amide bonds. The van der Waals surface area contributed by atoms with Crippen LogP contribution in [0.1, 0.15) is 39.5 Å². The molecule has 1 N–H and O–H groups in total. The fourth-order valence-electron chi connectivity index (χ4n) is 3.26. The van der Waals surface area contributed by atoms with E-state index >= 15 is 0 Å². The number of anilines is 1. The van der Waals surface area contributed by atoms with Crippen molar-refractivity contribution in [2.45, 2.75) is 45.1 Å². The fourth-order valence-corrected chi connectivity index (χ4v) is 3.26. The maximum absolute atomic E-state index is 5.43. The first-order valence-corrected chi connectivity index (χ1v) is 7.93. The highest BCUT2D eigenvalue weighted by molar-refractivity contribution is 5.28. The summed E-state index contributed by atoms with van der Waals surface area (Å²) in [5.74, 6) is 2.06. The van der Waals surface area contributed by atoms with Gasteiger partial charge in [-0.1, -0.05) is 19.8 Å². The smallest absolute Gasteiger partial charge is 0.226 e. The van der Waals surface area contributed by atoms with Crippen molar-refractivity contribution in [1.29, 1.82) is 0 Å².